The van der Waals surface area contributed by atoms with Gasteiger partial charge in [0.15, 0.2) is 23.1 Å². The summed E-state index contributed by atoms with van der Waals surface area (Å²) in [5, 5.41) is 21.9. The summed E-state index contributed by atoms with van der Waals surface area (Å²) in [5.41, 5.74) is 4.34. The molecular formula is C28H22N6O3. The third kappa shape index (κ3) is 4.36. The third-order valence-corrected chi connectivity index (χ3v) is 5.89. The van der Waals surface area contributed by atoms with Crippen molar-refractivity contribution >= 4 is 0 Å². The Bertz CT molecular complexity index is 1630. The van der Waals surface area contributed by atoms with E-state index < -0.39 is 0 Å². The molecule has 0 radical (unpaired) electrons. The Labute approximate surface area is 212 Å². The van der Waals surface area contributed by atoms with Crippen LogP contribution in [0, 0.1) is 11.3 Å². The standard InChI is InChI=1S/C28H22N6O3/c1-2-35-22-8-4-6-20(14-22)27-30-28(34(33-27)21-7-3-5-18(13-21)17-29)24-16-23(31-32-24)19-9-10-25-26(15-19)37-12-11-36-25/h3-10,13-16H,2,11-12H2,1H3,(H,31,32). The lowest BCUT2D eigenvalue weighted by molar-refractivity contribution is 0.171. The predicted octanol–water partition coefficient (Wildman–Crippen LogP) is 5.03. The lowest BCUT2D eigenvalue weighted by Gasteiger charge is -2.18. The first-order valence-electron chi connectivity index (χ1n) is 11.9. The second-order valence-corrected chi connectivity index (χ2v) is 8.32. The molecule has 9 nitrogen and oxygen atoms in total. The number of aromatic nitrogens is 5. The van der Waals surface area contributed by atoms with E-state index in [4.69, 9.17) is 24.3 Å². The van der Waals surface area contributed by atoms with Crippen molar-refractivity contribution in [2.45, 2.75) is 6.92 Å². The zero-order valence-corrected chi connectivity index (χ0v) is 20.0. The van der Waals surface area contributed by atoms with E-state index in [1.807, 2.05) is 67.6 Å². The molecule has 182 valence electrons. The Morgan fingerprint density at radius 2 is 1.84 bits per heavy atom. The number of nitrogens with one attached hydrogen (secondary N) is 1. The number of hydrogen-bond donors (Lipinski definition) is 1. The van der Waals surface area contributed by atoms with E-state index in [0.29, 0.717) is 54.2 Å². The van der Waals surface area contributed by atoms with E-state index >= 15 is 0 Å². The van der Waals surface area contributed by atoms with Crippen LogP contribution in [0.3, 0.4) is 0 Å². The molecule has 0 unspecified atom stereocenters. The van der Waals surface area contributed by atoms with Crippen molar-refractivity contribution in [3.8, 4) is 63.2 Å². The van der Waals surface area contributed by atoms with Gasteiger partial charge < -0.3 is 14.2 Å². The molecule has 0 bridgehead atoms. The van der Waals surface area contributed by atoms with E-state index in [1.54, 1.807) is 16.8 Å². The molecule has 1 aliphatic rings. The number of nitriles is 1. The van der Waals surface area contributed by atoms with Gasteiger partial charge in [0.25, 0.3) is 0 Å². The summed E-state index contributed by atoms with van der Waals surface area (Å²) in [6, 6.07) is 24.7. The fourth-order valence-electron chi connectivity index (χ4n) is 4.17. The quantitative estimate of drug-likeness (QED) is 0.355. The molecule has 9 heteroatoms. The average Bonchev–Trinajstić information content (AvgIpc) is 3.61. The molecule has 3 heterocycles. The molecule has 5 aromatic rings. The maximum atomic E-state index is 9.43. The minimum Gasteiger partial charge on any atom is -0.494 e. The highest BCUT2D eigenvalue weighted by atomic mass is 16.6. The number of H-pyrrole nitrogens is 1. The van der Waals surface area contributed by atoms with Gasteiger partial charge in [-0.3, -0.25) is 5.10 Å². The third-order valence-electron chi connectivity index (χ3n) is 5.89. The first kappa shape index (κ1) is 22.4. The van der Waals surface area contributed by atoms with E-state index in [-0.39, 0.29) is 0 Å². The number of nitrogens with zero attached hydrogens (tertiary/aromatic N) is 5. The number of hydrogen-bond acceptors (Lipinski definition) is 7. The molecule has 0 amide bonds. The van der Waals surface area contributed by atoms with E-state index in [1.165, 1.54) is 0 Å². The van der Waals surface area contributed by atoms with Crippen molar-refractivity contribution in [1.82, 2.24) is 25.0 Å². The van der Waals surface area contributed by atoms with Gasteiger partial charge in [0.1, 0.15) is 24.7 Å². The molecule has 1 aliphatic heterocycles. The zero-order valence-electron chi connectivity index (χ0n) is 20.0. The summed E-state index contributed by atoms with van der Waals surface area (Å²) in [7, 11) is 0. The summed E-state index contributed by atoms with van der Waals surface area (Å²) in [6.45, 7) is 3.56. The summed E-state index contributed by atoms with van der Waals surface area (Å²) >= 11 is 0. The molecule has 0 atom stereocenters. The minimum atomic E-state index is 0.514. The summed E-state index contributed by atoms with van der Waals surface area (Å²) in [6.07, 6.45) is 0. The van der Waals surface area contributed by atoms with Crippen LogP contribution in [0.15, 0.2) is 72.8 Å². The Morgan fingerprint density at radius 1 is 0.973 bits per heavy atom. The van der Waals surface area contributed by atoms with Gasteiger partial charge in [-0.15, -0.1) is 5.10 Å². The molecule has 3 aromatic carbocycles. The number of rotatable bonds is 6. The van der Waals surface area contributed by atoms with Crippen molar-refractivity contribution < 1.29 is 14.2 Å². The highest BCUT2D eigenvalue weighted by molar-refractivity contribution is 5.70. The van der Waals surface area contributed by atoms with Gasteiger partial charge in [-0.2, -0.15) is 10.4 Å². The summed E-state index contributed by atoms with van der Waals surface area (Å²) in [4.78, 5) is 4.86. The molecule has 0 saturated heterocycles. The SMILES string of the molecule is CCOc1cccc(-c2nc(-c3cc(-c4ccc5c(c4)OCCO5)n[nH]3)n(-c3cccc(C#N)c3)n2)c1. The largest absolute Gasteiger partial charge is 0.494 e. The average molecular weight is 491 g/mol. The molecular weight excluding hydrogens is 468 g/mol. The number of benzene rings is 3. The van der Waals surface area contributed by atoms with Crippen LogP contribution < -0.4 is 14.2 Å². The molecule has 6 rings (SSSR count). The Morgan fingerprint density at radius 3 is 2.70 bits per heavy atom. The van der Waals surface area contributed by atoms with Gasteiger partial charge >= 0.3 is 0 Å². The molecule has 1 N–H and O–H groups in total. The summed E-state index contributed by atoms with van der Waals surface area (Å²) in [5.74, 6) is 3.24. The fourth-order valence-corrected chi connectivity index (χ4v) is 4.17. The molecule has 0 spiro atoms. The van der Waals surface area contributed by atoms with E-state index in [2.05, 4.69) is 16.3 Å². The Balaban J connectivity index is 1.44. The van der Waals surface area contributed by atoms with Crippen molar-refractivity contribution in [2.24, 2.45) is 0 Å². The lowest BCUT2D eigenvalue weighted by Crippen LogP contribution is -2.15. The molecule has 0 aliphatic carbocycles. The number of aromatic amines is 1. The van der Waals surface area contributed by atoms with Crippen LogP contribution >= 0.6 is 0 Å². The topological polar surface area (TPSA) is 111 Å². The van der Waals surface area contributed by atoms with Gasteiger partial charge in [0.2, 0.25) is 0 Å². The predicted molar refractivity (Wildman–Crippen MR) is 137 cm³/mol. The van der Waals surface area contributed by atoms with Crippen molar-refractivity contribution in [1.29, 1.82) is 5.26 Å². The van der Waals surface area contributed by atoms with Crippen LogP contribution in [0.2, 0.25) is 0 Å². The van der Waals surface area contributed by atoms with Gasteiger partial charge in [-0.1, -0.05) is 18.2 Å². The first-order chi connectivity index (χ1) is 18.2. The van der Waals surface area contributed by atoms with Crippen LogP contribution in [0.25, 0.3) is 39.9 Å². The van der Waals surface area contributed by atoms with Gasteiger partial charge in [-0.05, 0) is 61.5 Å². The Hall–Kier alpha value is -5.10. The van der Waals surface area contributed by atoms with Gasteiger partial charge in [0.05, 0.1) is 29.6 Å². The van der Waals surface area contributed by atoms with Crippen molar-refractivity contribution in [3.05, 3.63) is 78.4 Å². The lowest BCUT2D eigenvalue weighted by atomic mass is 10.1. The van der Waals surface area contributed by atoms with Crippen LogP contribution in [-0.4, -0.2) is 44.8 Å². The maximum absolute atomic E-state index is 9.43. The van der Waals surface area contributed by atoms with Gasteiger partial charge in [-0.25, -0.2) is 9.67 Å². The van der Waals surface area contributed by atoms with Crippen LogP contribution in [-0.2, 0) is 0 Å². The highest BCUT2D eigenvalue weighted by Crippen LogP contribution is 2.35. The van der Waals surface area contributed by atoms with Crippen molar-refractivity contribution in [2.75, 3.05) is 19.8 Å². The second kappa shape index (κ2) is 9.51. The maximum Gasteiger partial charge on any atom is 0.182 e. The van der Waals surface area contributed by atoms with Gasteiger partial charge in [0, 0.05) is 11.1 Å². The second-order valence-electron chi connectivity index (χ2n) is 8.32. The highest BCUT2D eigenvalue weighted by Gasteiger charge is 2.19. The minimum absolute atomic E-state index is 0.514. The number of ether oxygens (including phenoxy) is 3. The van der Waals surface area contributed by atoms with Crippen LogP contribution in [0.4, 0.5) is 0 Å². The molecule has 2 aromatic heterocycles. The Kier molecular flexibility index (Phi) is 5.75. The fraction of sp³-hybridized carbons (Fsp3) is 0.143. The molecule has 0 fully saturated rings. The van der Waals surface area contributed by atoms with Crippen molar-refractivity contribution in [3.63, 3.8) is 0 Å². The monoisotopic (exact) mass is 490 g/mol. The van der Waals surface area contributed by atoms with Crippen LogP contribution in [0.5, 0.6) is 17.2 Å². The van der Waals surface area contributed by atoms with Crippen LogP contribution in [0.1, 0.15) is 12.5 Å². The smallest absolute Gasteiger partial charge is 0.182 e. The number of fused-ring (bicyclic) bond motifs is 1. The first-order valence-corrected chi connectivity index (χ1v) is 11.9. The molecule has 0 saturated carbocycles. The van der Waals surface area contributed by atoms with E-state index in [0.717, 1.165) is 28.3 Å². The van der Waals surface area contributed by atoms with E-state index in [9.17, 15) is 5.26 Å². The molecule has 37 heavy (non-hydrogen) atoms. The summed E-state index contributed by atoms with van der Waals surface area (Å²) < 4.78 is 18.7. The zero-order chi connectivity index (χ0) is 25.2. The normalized spacial score (nSPS) is 12.2.